The van der Waals surface area contributed by atoms with Crippen LogP contribution in [0.5, 0.6) is 0 Å². The van der Waals surface area contributed by atoms with Gasteiger partial charge < -0.3 is 15.2 Å². The number of thioether (sulfide) groups is 2. The number of ether oxygens (including phenoxy) is 1. The highest BCUT2D eigenvalue weighted by atomic mass is 79.9. The molecule has 3 rings (SSSR count). The molecule has 2 aliphatic heterocycles. The van der Waals surface area contributed by atoms with Gasteiger partial charge in [0.15, 0.2) is 5.84 Å². The summed E-state index contributed by atoms with van der Waals surface area (Å²) in [5.41, 5.74) is 1.25. The van der Waals surface area contributed by atoms with Crippen molar-refractivity contribution in [3.63, 3.8) is 0 Å². The third-order valence-corrected chi connectivity index (χ3v) is 7.69. The van der Waals surface area contributed by atoms with Crippen LogP contribution in [0.4, 0.5) is 4.39 Å². The predicted molar refractivity (Wildman–Crippen MR) is 154 cm³/mol. The van der Waals surface area contributed by atoms with Gasteiger partial charge in [-0.05, 0) is 37.0 Å². The van der Waals surface area contributed by atoms with Gasteiger partial charge in [-0.2, -0.15) is 11.8 Å². The minimum absolute atomic E-state index is 0.133. The van der Waals surface area contributed by atoms with Gasteiger partial charge in [0, 0.05) is 54.3 Å². The number of esters is 1. The van der Waals surface area contributed by atoms with E-state index in [1.165, 1.54) is 23.9 Å². The van der Waals surface area contributed by atoms with Crippen LogP contribution in [-0.2, 0) is 14.3 Å². The number of carboxylic acid groups (broad SMARTS) is 1. The van der Waals surface area contributed by atoms with Crippen LogP contribution in [0.1, 0.15) is 19.8 Å². The van der Waals surface area contributed by atoms with Crippen LogP contribution >= 0.6 is 39.5 Å². The summed E-state index contributed by atoms with van der Waals surface area (Å²) < 4.78 is 18.1. The zero-order valence-electron chi connectivity index (χ0n) is 20.9. The van der Waals surface area contributed by atoms with Gasteiger partial charge in [-0.1, -0.05) is 40.3 Å². The monoisotopic (exact) mass is 614 g/mol. The van der Waals surface area contributed by atoms with Gasteiger partial charge in [-0.25, -0.2) is 9.18 Å². The van der Waals surface area contributed by atoms with Crippen LogP contribution in [0.25, 0.3) is 0 Å². The van der Waals surface area contributed by atoms with Gasteiger partial charge in [0.2, 0.25) is 0 Å². The first-order valence-corrected chi connectivity index (χ1v) is 14.5. The van der Waals surface area contributed by atoms with Crippen molar-refractivity contribution in [2.24, 2.45) is 9.98 Å². The molecule has 0 saturated carbocycles. The largest absolute Gasteiger partial charge is 0.481 e. The summed E-state index contributed by atoms with van der Waals surface area (Å²) in [6.07, 6.45) is 0.716. The Morgan fingerprint density at radius 1 is 1.49 bits per heavy atom. The fourth-order valence-corrected chi connectivity index (χ4v) is 5.62. The Labute approximate surface area is 234 Å². The Bertz CT molecular complexity index is 1030. The normalized spacial score (nSPS) is 18.2. The molecule has 0 amide bonds. The van der Waals surface area contributed by atoms with Crippen molar-refractivity contribution >= 4 is 62.3 Å². The number of carbonyl (C=O) groups excluding carboxylic acids is 1. The molecule has 37 heavy (non-hydrogen) atoms. The summed E-state index contributed by atoms with van der Waals surface area (Å²) in [6.45, 7) is 7.35. The molecular formula is C25H32BrFN4O4S2. The quantitative estimate of drug-likeness (QED) is 0.237. The number of carboxylic acids is 1. The fourth-order valence-electron chi connectivity index (χ4n) is 3.58. The number of hydrogen-bond acceptors (Lipinski definition) is 9. The van der Waals surface area contributed by atoms with Crippen molar-refractivity contribution in [2.75, 3.05) is 44.8 Å². The maximum atomic E-state index is 12.5. The molecule has 0 spiro atoms. The Morgan fingerprint density at radius 2 is 2.27 bits per heavy atom. The molecule has 202 valence electrons. The molecule has 2 N–H and O–H groups in total. The molecule has 12 heteroatoms. The Balaban J connectivity index is 0.000000510. The van der Waals surface area contributed by atoms with Crippen molar-refractivity contribution in [1.29, 1.82) is 0 Å². The minimum Gasteiger partial charge on any atom is -0.481 e. The lowest BCUT2D eigenvalue weighted by atomic mass is 10.1. The highest BCUT2D eigenvalue weighted by molar-refractivity contribution is 9.10. The van der Waals surface area contributed by atoms with Crippen LogP contribution in [-0.4, -0.2) is 83.7 Å². The maximum Gasteiger partial charge on any atom is 0.337 e. The Kier molecular flexibility index (Phi) is 14.0. The molecule has 1 unspecified atom stereocenters. The predicted octanol–water partition coefficient (Wildman–Crippen LogP) is 4.58. The van der Waals surface area contributed by atoms with E-state index < -0.39 is 5.97 Å². The molecule has 8 nitrogen and oxygen atoms in total. The zero-order valence-corrected chi connectivity index (χ0v) is 24.1. The summed E-state index contributed by atoms with van der Waals surface area (Å²) in [6, 6.07) is 6.40. The number of carbonyl (C=O) groups is 2. The Morgan fingerprint density at radius 3 is 2.86 bits per heavy atom. The third kappa shape index (κ3) is 10.6. The van der Waals surface area contributed by atoms with Crippen molar-refractivity contribution in [1.82, 2.24) is 10.2 Å². The standard InChI is InChI=1S/C19H28N4O4S2.C6H4BrF/c1-4-27-19(26)14-10-21-17(18(20-3)29-5-2)22-15(14)11-23-8-9-28-12-13(23)6-7-16(24)25;7-5-2-1-3-6(8)4-5/h5,13H,2,4,6-12H2,1,3H3,(H,21,22)(H,24,25);1-4H. The van der Waals surface area contributed by atoms with Gasteiger partial charge in [0.05, 0.1) is 18.7 Å². The lowest BCUT2D eigenvalue weighted by molar-refractivity contribution is -0.139. The SMILES string of the molecule is C=CSC(=NC)C1=NCC(C(=O)OCC)=C(CN2CCSCC2CCC(=O)O)N1.Fc1cccc(Br)c1. The molecule has 1 aromatic rings. The molecule has 0 aliphatic carbocycles. The molecule has 1 aromatic carbocycles. The van der Waals surface area contributed by atoms with Crippen LogP contribution in [0, 0.1) is 5.82 Å². The number of hydrogen-bond donors (Lipinski definition) is 2. The van der Waals surface area contributed by atoms with E-state index in [9.17, 15) is 14.0 Å². The average Bonchev–Trinajstić information content (AvgIpc) is 2.87. The van der Waals surface area contributed by atoms with Crippen LogP contribution in [0.2, 0.25) is 0 Å². The first-order valence-electron chi connectivity index (χ1n) is 11.7. The molecule has 1 saturated heterocycles. The molecule has 1 atom stereocenters. The van der Waals surface area contributed by atoms with Crippen LogP contribution < -0.4 is 5.32 Å². The lowest BCUT2D eigenvalue weighted by Gasteiger charge is -2.37. The summed E-state index contributed by atoms with van der Waals surface area (Å²) in [4.78, 5) is 34.5. The summed E-state index contributed by atoms with van der Waals surface area (Å²) >= 11 is 6.32. The first-order chi connectivity index (χ1) is 17.8. The topological polar surface area (TPSA) is 104 Å². The van der Waals surface area contributed by atoms with E-state index in [1.54, 1.807) is 31.5 Å². The fraction of sp³-hybridized carbons (Fsp3) is 0.440. The van der Waals surface area contributed by atoms with E-state index in [1.807, 2.05) is 11.8 Å². The Hall–Kier alpha value is -2.15. The highest BCUT2D eigenvalue weighted by Crippen LogP contribution is 2.23. The van der Waals surface area contributed by atoms with E-state index in [0.29, 0.717) is 36.0 Å². The summed E-state index contributed by atoms with van der Waals surface area (Å²) in [5.74, 6) is 1.08. The second-order valence-electron chi connectivity index (χ2n) is 7.85. The molecule has 0 aromatic heterocycles. The van der Waals surface area contributed by atoms with Crippen LogP contribution in [0.3, 0.4) is 0 Å². The van der Waals surface area contributed by atoms with Gasteiger partial charge in [0.1, 0.15) is 10.9 Å². The van der Waals surface area contributed by atoms with E-state index in [4.69, 9.17) is 9.84 Å². The summed E-state index contributed by atoms with van der Waals surface area (Å²) in [7, 11) is 1.68. The first kappa shape index (κ1) is 31.1. The number of nitrogens with one attached hydrogen (secondary N) is 1. The van der Waals surface area contributed by atoms with Crippen molar-refractivity contribution in [3.05, 3.63) is 57.8 Å². The molecule has 0 bridgehead atoms. The minimum atomic E-state index is -0.789. The van der Waals surface area contributed by atoms with E-state index in [-0.39, 0.29) is 30.8 Å². The lowest BCUT2D eigenvalue weighted by Crippen LogP contribution is -2.47. The number of amidine groups is 1. The summed E-state index contributed by atoms with van der Waals surface area (Å²) in [5, 5.41) is 14.7. The molecule has 0 radical (unpaired) electrons. The average molecular weight is 616 g/mol. The molecule has 2 heterocycles. The number of aliphatic carboxylic acids is 1. The second-order valence-corrected chi connectivity index (χ2v) is 10.9. The van der Waals surface area contributed by atoms with E-state index in [0.717, 1.165) is 28.2 Å². The molecule has 2 aliphatic rings. The maximum absolute atomic E-state index is 12.5. The van der Waals surface area contributed by atoms with Crippen molar-refractivity contribution in [3.8, 4) is 0 Å². The number of aliphatic imine (C=N–C) groups is 2. The van der Waals surface area contributed by atoms with Crippen molar-refractivity contribution in [2.45, 2.75) is 25.8 Å². The third-order valence-electron chi connectivity index (χ3n) is 5.34. The highest BCUT2D eigenvalue weighted by Gasteiger charge is 2.29. The number of nitrogens with zero attached hydrogens (tertiary/aromatic N) is 3. The molecular weight excluding hydrogens is 583 g/mol. The molecule has 1 fully saturated rings. The van der Waals surface area contributed by atoms with Gasteiger partial charge >= 0.3 is 11.9 Å². The van der Waals surface area contributed by atoms with E-state index >= 15 is 0 Å². The van der Waals surface area contributed by atoms with E-state index in [2.05, 4.69) is 42.7 Å². The van der Waals surface area contributed by atoms with Gasteiger partial charge in [-0.3, -0.25) is 19.7 Å². The smallest absolute Gasteiger partial charge is 0.337 e. The zero-order chi connectivity index (χ0) is 27.2. The number of benzene rings is 1. The second kappa shape index (κ2) is 16.6. The van der Waals surface area contributed by atoms with Gasteiger partial charge in [0.25, 0.3) is 0 Å². The number of rotatable bonds is 9. The van der Waals surface area contributed by atoms with Crippen molar-refractivity contribution < 1.29 is 23.8 Å². The van der Waals surface area contributed by atoms with Crippen LogP contribution in [0.15, 0.2) is 62.0 Å². The van der Waals surface area contributed by atoms with Gasteiger partial charge in [-0.15, -0.1) is 0 Å². The number of halogens is 2.